The van der Waals surface area contributed by atoms with Crippen molar-refractivity contribution in [3.8, 4) is 5.75 Å². The van der Waals surface area contributed by atoms with Gasteiger partial charge in [-0.05, 0) is 77.4 Å². The minimum atomic E-state index is -0.765. The zero-order chi connectivity index (χ0) is 22.9. The van der Waals surface area contributed by atoms with Crippen LogP contribution in [0.15, 0.2) is 50.9 Å². The summed E-state index contributed by atoms with van der Waals surface area (Å²) in [4.78, 5) is 22.2. The average Bonchev–Trinajstić information content (AvgIpc) is 2.75. The van der Waals surface area contributed by atoms with Gasteiger partial charge in [-0.1, -0.05) is 18.6 Å². The van der Waals surface area contributed by atoms with Crippen LogP contribution in [0.5, 0.6) is 5.75 Å². The first kappa shape index (κ1) is 22.1. The van der Waals surface area contributed by atoms with Crippen molar-refractivity contribution in [1.29, 1.82) is 0 Å². The Hall–Kier alpha value is -3.14. The highest BCUT2D eigenvalue weighted by Gasteiger charge is 2.45. The molecule has 4 N–H and O–H groups in total. The van der Waals surface area contributed by atoms with Crippen molar-refractivity contribution in [2.24, 2.45) is 21.5 Å². The molecular weight excluding hydrogens is 476 g/mol. The van der Waals surface area contributed by atoms with E-state index in [0.717, 1.165) is 36.1 Å². The maximum Gasteiger partial charge on any atom is 0.294 e. The van der Waals surface area contributed by atoms with E-state index >= 15 is 0 Å². The quantitative estimate of drug-likeness (QED) is 0.469. The SMILES string of the molecule is COc1ccc(Cc2cc(Br)c(N3C(N)=NC(N)=NC34CCCCC4)c([N+](=O)[O-])c2)cc1. The van der Waals surface area contributed by atoms with Crippen molar-refractivity contribution in [2.75, 3.05) is 12.0 Å². The normalized spacial score (nSPS) is 17.6. The smallest absolute Gasteiger partial charge is 0.294 e. The lowest BCUT2D eigenvalue weighted by molar-refractivity contribution is -0.384. The van der Waals surface area contributed by atoms with Gasteiger partial charge >= 0.3 is 0 Å². The van der Waals surface area contributed by atoms with Crippen LogP contribution in [0.4, 0.5) is 11.4 Å². The predicted molar refractivity (Wildman–Crippen MR) is 128 cm³/mol. The van der Waals surface area contributed by atoms with Gasteiger partial charge in [0.15, 0.2) is 0 Å². The van der Waals surface area contributed by atoms with E-state index in [1.54, 1.807) is 18.1 Å². The van der Waals surface area contributed by atoms with Crippen molar-refractivity contribution < 1.29 is 9.66 Å². The molecule has 1 heterocycles. The number of guanidine groups is 2. The van der Waals surface area contributed by atoms with Crippen LogP contribution in [0.1, 0.15) is 43.2 Å². The minimum absolute atomic E-state index is 0.0540. The summed E-state index contributed by atoms with van der Waals surface area (Å²) in [5.74, 6) is 0.982. The molecule has 0 unspecified atom stereocenters. The maximum atomic E-state index is 12.1. The van der Waals surface area contributed by atoms with Crippen LogP contribution in [0.2, 0.25) is 0 Å². The highest BCUT2D eigenvalue weighted by molar-refractivity contribution is 9.10. The number of halogens is 1. The predicted octanol–water partition coefficient (Wildman–Crippen LogP) is 4.07. The molecule has 1 aliphatic carbocycles. The zero-order valence-electron chi connectivity index (χ0n) is 17.8. The lowest BCUT2D eigenvalue weighted by Crippen LogP contribution is -2.58. The van der Waals surface area contributed by atoms with Gasteiger partial charge in [0.25, 0.3) is 5.69 Å². The molecule has 9 nitrogen and oxygen atoms in total. The summed E-state index contributed by atoms with van der Waals surface area (Å²) < 4.78 is 5.76. The number of nitrogens with two attached hydrogens (primary N) is 2. The first-order valence-electron chi connectivity index (χ1n) is 10.4. The molecule has 1 fully saturated rings. The Kier molecular flexibility index (Phi) is 6.05. The van der Waals surface area contributed by atoms with Crippen molar-refractivity contribution in [1.82, 2.24) is 0 Å². The van der Waals surface area contributed by atoms with Gasteiger partial charge in [0.05, 0.1) is 12.0 Å². The van der Waals surface area contributed by atoms with Crippen LogP contribution < -0.4 is 21.1 Å². The number of nitro groups is 1. The van der Waals surface area contributed by atoms with Crippen LogP contribution in [0, 0.1) is 10.1 Å². The Morgan fingerprint density at radius 3 is 2.47 bits per heavy atom. The number of aliphatic imine (C=N–C) groups is 2. The van der Waals surface area contributed by atoms with E-state index in [4.69, 9.17) is 16.2 Å². The van der Waals surface area contributed by atoms with Crippen molar-refractivity contribution in [3.05, 3.63) is 62.1 Å². The Morgan fingerprint density at radius 2 is 1.84 bits per heavy atom. The van der Waals surface area contributed by atoms with Gasteiger partial charge in [-0.15, -0.1) is 0 Å². The van der Waals surface area contributed by atoms with Gasteiger partial charge in [-0.2, -0.15) is 4.99 Å². The minimum Gasteiger partial charge on any atom is -0.497 e. The van der Waals surface area contributed by atoms with E-state index in [1.165, 1.54) is 0 Å². The third kappa shape index (κ3) is 4.14. The highest BCUT2D eigenvalue weighted by Crippen LogP contribution is 2.46. The zero-order valence-corrected chi connectivity index (χ0v) is 19.3. The number of hydrogen-bond acceptors (Lipinski definition) is 8. The molecule has 4 rings (SSSR count). The van der Waals surface area contributed by atoms with Gasteiger partial charge in [0.2, 0.25) is 11.9 Å². The number of nitrogens with zero attached hydrogens (tertiary/aromatic N) is 4. The Morgan fingerprint density at radius 1 is 1.16 bits per heavy atom. The topological polar surface area (TPSA) is 132 Å². The molecule has 168 valence electrons. The molecule has 32 heavy (non-hydrogen) atoms. The summed E-state index contributed by atoms with van der Waals surface area (Å²) in [5, 5.41) is 12.1. The Balaban J connectivity index is 1.78. The largest absolute Gasteiger partial charge is 0.497 e. The van der Waals surface area contributed by atoms with E-state index < -0.39 is 5.66 Å². The second-order valence-corrected chi connectivity index (χ2v) is 8.90. The number of methoxy groups -OCH3 is 1. The number of hydrogen-bond donors (Lipinski definition) is 2. The molecule has 0 atom stereocenters. The van der Waals surface area contributed by atoms with Crippen molar-refractivity contribution >= 4 is 39.2 Å². The molecular formula is C22H25BrN6O3. The second-order valence-electron chi connectivity index (χ2n) is 8.05. The summed E-state index contributed by atoms with van der Waals surface area (Å²) in [7, 11) is 1.61. The molecule has 0 bridgehead atoms. The van der Waals surface area contributed by atoms with E-state index in [0.29, 0.717) is 29.4 Å². The monoisotopic (exact) mass is 500 g/mol. The number of ether oxygens (including phenoxy) is 1. The van der Waals surface area contributed by atoms with Crippen LogP contribution in [0.3, 0.4) is 0 Å². The lowest BCUT2D eigenvalue weighted by atomic mass is 9.87. The first-order chi connectivity index (χ1) is 15.3. The molecule has 0 amide bonds. The summed E-state index contributed by atoms with van der Waals surface area (Å²) in [6.07, 6.45) is 4.86. The molecule has 1 spiro atoms. The molecule has 2 aromatic rings. The average molecular weight is 501 g/mol. The molecule has 1 saturated carbocycles. The lowest BCUT2D eigenvalue weighted by Gasteiger charge is -2.45. The number of benzene rings is 2. The molecule has 0 saturated heterocycles. The van der Waals surface area contributed by atoms with Gasteiger partial charge < -0.3 is 16.2 Å². The number of rotatable bonds is 5. The van der Waals surface area contributed by atoms with Crippen molar-refractivity contribution in [2.45, 2.75) is 44.2 Å². The van der Waals surface area contributed by atoms with Crippen LogP contribution >= 0.6 is 15.9 Å². The van der Waals surface area contributed by atoms with Gasteiger partial charge in [0, 0.05) is 10.5 Å². The fourth-order valence-corrected chi connectivity index (χ4v) is 5.20. The third-order valence-electron chi connectivity index (χ3n) is 5.94. The molecule has 0 radical (unpaired) electrons. The molecule has 1 aliphatic heterocycles. The first-order valence-corrected chi connectivity index (χ1v) is 11.2. The summed E-state index contributed by atoms with van der Waals surface area (Å²) in [6.45, 7) is 0. The fourth-order valence-electron chi connectivity index (χ4n) is 4.53. The number of anilines is 1. The molecule has 2 aromatic carbocycles. The molecule has 2 aliphatic rings. The molecule has 10 heteroatoms. The van der Waals surface area contributed by atoms with Crippen LogP contribution in [-0.4, -0.2) is 29.6 Å². The standard InChI is InChI=1S/C22H25BrN6O3/c1-32-16-7-5-14(6-8-16)11-15-12-17(23)19(18(13-15)29(30)31)28-21(25)26-20(24)27-22(28)9-3-2-4-10-22/h5-8,12-13H,2-4,9-11H2,1H3,(H4,24,25,26,27). The number of nitro benzene ring substituents is 1. The summed E-state index contributed by atoms with van der Waals surface area (Å²) >= 11 is 3.57. The highest BCUT2D eigenvalue weighted by atomic mass is 79.9. The van der Waals surface area contributed by atoms with Crippen LogP contribution in [-0.2, 0) is 6.42 Å². The maximum absolute atomic E-state index is 12.1. The Labute approximate surface area is 194 Å². The van der Waals surface area contributed by atoms with E-state index in [-0.39, 0.29) is 22.5 Å². The summed E-state index contributed by atoms with van der Waals surface area (Å²) in [5.41, 5.74) is 13.6. The fraction of sp³-hybridized carbons (Fsp3) is 0.364. The van der Waals surface area contributed by atoms with E-state index in [9.17, 15) is 10.1 Å². The van der Waals surface area contributed by atoms with Crippen molar-refractivity contribution in [3.63, 3.8) is 0 Å². The third-order valence-corrected chi connectivity index (χ3v) is 6.55. The van der Waals surface area contributed by atoms with Gasteiger partial charge in [0.1, 0.15) is 17.1 Å². The van der Waals surface area contributed by atoms with Crippen LogP contribution in [0.25, 0.3) is 0 Å². The summed E-state index contributed by atoms with van der Waals surface area (Å²) in [6, 6.07) is 11.1. The van der Waals surface area contributed by atoms with Gasteiger partial charge in [-0.25, -0.2) is 4.99 Å². The van der Waals surface area contributed by atoms with E-state index in [2.05, 4.69) is 25.9 Å². The van der Waals surface area contributed by atoms with E-state index in [1.807, 2.05) is 30.3 Å². The second kappa shape index (κ2) is 8.78. The molecule has 0 aromatic heterocycles. The van der Waals surface area contributed by atoms with Gasteiger partial charge in [-0.3, -0.25) is 15.0 Å². The Bertz CT molecular complexity index is 1090.